The molecule has 138 heavy (non-hydrogen) atoms. The molecule has 0 N–H and O–H groups in total. The fourth-order valence-corrected chi connectivity index (χ4v) is 24.9. The van der Waals surface area contributed by atoms with Gasteiger partial charge in [0.05, 0.1) is 112 Å². The van der Waals surface area contributed by atoms with Gasteiger partial charge in [-0.05, 0) is 277 Å². The van der Waals surface area contributed by atoms with Gasteiger partial charge in [-0.15, -0.1) is 56.7 Å². The second kappa shape index (κ2) is 30.1. The predicted octanol–water partition coefficient (Wildman–Crippen LogP) is 32.9. The number of benzene rings is 18. The molecule has 0 atom stereocenters. The first kappa shape index (κ1) is 77.2. The number of hydrogen-bond donors (Lipinski definition) is 0. The van der Waals surface area contributed by atoms with Crippen molar-refractivity contribution in [1.29, 1.82) is 0 Å². The van der Waals surface area contributed by atoms with Crippen LogP contribution < -0.4 is 0 Å². The van der Waals surface area contributed by atoms with E-state index in [2.05, 4.69) is 299 Å². The molecule has 12 aromatic heterocycles. The van der Waals surface area contributed by atoms with Crippen LogP contribution in [0.4, 0.5) is 0 Å². The van der Waals surface area contributed by atoms with E-state index in [1.165, 1.54) is 4.70 Å². The molecule has 30 aromatic rings. The fourth-order valence-electron chi connectivity index (χ4n) is 20.1. The molecule has 0 bridgehead atoms. The van der Waals surface area contributed by atoms with Crippen molar-refractivity contribution in [2.75, 3.05) is 0 Å². The maximum atomic E-state index is 6.83. The summed E-state index contributed by atoms with van der Waals surface area (Å²) in [6.45, 7) is 0. The molecule has 0 unspecified atom stereocenters. The van der Waals surface area contributed by atoms with Crippen LogP contribution in [0.25, 0.3) is 299 Å². The Morgan fingerprint density at radius 1 is 0.167 bits per heavy atom. The van der Waals surface area contributed by atoms with Gasteiger partial charge in [-0.1, -0.05) is 121 Å². The van der Waals surface area contributed by atoms with Crippen molar-refractivity contribution in [3.8, 4) is 138 Å². The lowest BCUT2D eigenvalue weighted by Crippen LogP contribution is -1.97. The molecule has 0 aliphatic rings. The maximum Gasteiger partial charge on any atom is 0.229 e. The monoisotopic (exact) mass is 1860 g/mol. The highest BCUT2D eigenvalue weighted by atomic mass is 32.1. The number of hydrogen-bond acceptors (Lipinski definition) is 18. The third-order valence-corrected chi connectivity index (χ3v) is 32.0. The van der Waals surface area contributed by atoms with E-state index in [0.717, 1.165) is 265 Å². The van der Waals surface area contributed by atoms with Crippen molar-refractivity contribution in [2.45, 2.75) is 0 Å². The summed E-state index contributed by atoms with van der Waals surface area (Å²) in [6.07, 6.45) is 0. The van der Waals surface area contributed by atoms with Crippen molar-refractivity contribution in [2.24, 2.45) is 0 Å². The first-order chi connectivity index (χ1) is 68.2. The minimum Gasteiger partial charge on any atom is -0.436 e. The van der Waals surface area contributed by atoms with Crippen LogP contribution in [-0.4, -0.2) is 58.6 Å². The molecule has 0 saturated carbocycles. The first-order valence-electron chi connectivity index (χ1n) is 45.2. The molecule has 21 heteroatoms. The van der Waals surface area contributed by atoms with Crippen molar-refractivity contribution in [3.05, 3.63) is 376 Å². The molecule has 16 nitrogen and oxygen atoms in total. The van der Waals surface area contributed by atoms with Gasteiger partial charge in [-0.25, -0.2) is 44.9 Å². The van der Waals surface area contributed by atoms with Gasteiger partial charge < -0.3 is 31.4 Å². The molecular formula is C117H62N12O4S5. The molecule has 0 radical (unpaired) electrons. The van der Waals surface area contributed by atoms with Gasteiger partial charge in [-0.2, -0.15) is 0 Å². The van der Waals surface area contributed by atoms with Crippen LogP contribution in [0.2, 0.25) is 0 Å². The van der Waals surface area contributed by atoms with E-state index in [9.17, 15) is 0 Å². The number of para-hydroxylation sites is 11. The largest absolute Gasteiger partial charge is 0.436 e. The van der Waals surface area contributed by atoms with Gasteiger partial charge >= 0.3 is 0 Å². The average Bonchev–Trinajstić information content (AvgIpc) is 1.58. The van der Waals surface area contributed by atoms with Gasteiger partial charge in [0.25, 0.3) is 0 Å². The van der Waals surface area contributed by atoms with Gasteiger partial charge in [-0.3, -0.25) is 0 Å². The van der Waals surface area contributed by atoms with E-state index in [0.29, 0.717) is 29.1 Å². The summed E-state index contributed by atoms with van der Waals surface area (Å²) in [4.78, 5) is 46.7. The van der Waals surface area contributed by atoms with Crippen LogP contribution in [0.3, 0.4) is 0 Å². The second-order valence-corrected chi connectivity index (χ2v) is 39.8. The Morgan fingerprint density at radius 2 is 0.442 bits per heavy atom. The molecule has 0 aliphatic heterocycles. The summed E-state index contributed by atoms with van der Waals surface area (Å²) in [5, 5.41) is 11.2. The van der Waals surface area contributed by atoms with E-state index in [-0.39, 0.29) is 0 Å². The van der Waals surface area contributed by atoms with E-state index in [1.807, 2.05) is 91.0 Å². The standard InChI is InChI=1S/C117H62N12O4S5/c1-9-25-91(73(17-1)111-120-83-21-5-13-29-101(83)131-111)127-94-45-35-67(109-118-82-20-4-12-28-100(82)130-109)53-76(94)77-54-68(36-46-95(77)127)110-119-85-43-33-65(61-103(85)133-110)63-41-51-106-89(59-63)125-115(135-106)71-39-48-97-79(57-71)78-56-70(38-47-96(78)128(97)92-26-10-2-18-74(92)112-121-84-22-6-14-30-102(84)132-112)114-123-88-44-34-66(62-108(88)138-114)64-42-52-107-90(60-64)126-116(136-107)72-40-50-99-81(58-72)80-55-69(113-122-86-23-7-15-31-104(86)134-113)37-49-98(80)129(99)93-27-11-3-19-75(93)117-124-87-24-8-16-32-105(87)137-117/h1-62H. The number of oxazole rings is 4. The number of rotatable bonds is 14. The highest BCUT2D eigenvalue weighted by Gasteiger charge is 2.28. The van der Waals surface area contributed by atoms with Gasteiger partial charge in [0.1, 0.15) is 47.1 Å². The predicted molar refractivity (Wildman–Crippen MR) is 565 cm³/mol. The molecule has 0 fully saturated rings. The van der Waals surface area contributed by atoms with Crippen LogP contribution in [0.15, 0.2) is 394 Å². The molecule has 0 spiro atoms. The van der Waals surface area contributed by atoms with Crippen LogP contribution in [0.1, 0.15) is 0 Å². The van der Waals surface area contributed by atoms with Crippen molar-refractivity contribution in [3.63, 3.8) is 0 Å². The molecule has 18 aromatic carbocycles. The molecule has 0 amide bonds. The summed E-state index contributed by atoms with van der Waals surface area (Å²) in [6, 6.07) is 132. The van der Waals surface area contributed by atoms with E-state index < -0.39 is 0 Å². The lowest BCUT2D eigenvalue weighted by Gasteiger charge is -2.12. The quantitative estimate of drug-likeness (QED) is 0.100. The maximum absolute atomic E-state index is 6.83. The van der Waals surface area contributed by atoms with E-state index in [4.69, 9.17) is 62.5 Å². The number of fused-ring (bicyclic) bond motifs is 18. The van der Waals surface area contributed by atoms with E-state index in [1.54, 1.807) is 56.7 Å². The lowest BCUT2D eigenvalue weighted by atomic mass is 10.1. The lowest BCUT2D eigenvalue weighted by molar-refractivity contribution is 0.619. The number of aromatic nitrogens is 12. The van der Waals surface area contributed by atoms with Crippen molar-refractivity contribution < 1.29 is 17.7 Å². The summed E-state index contributed by atoms with van der Waals surface area (Å²) in [5.74, 6) is 2.13. The van der Waals surface area contributed by atoms with Crippen molar-refractivity contribution in [1.82, 2.24) is 58.6 Å². The molecule has 12 heterocycles. The Balaban J connectivity index is 0.481. The minimum absolute atomic E-state index is 0.504. The summed E-state index contributed by atoms with van der Waals surface area (Å²) >= 11 is 8.56. The zero-order valence-electron chi connectivity index (χ0n) is 72.3. The number of thiazole rings is 5. The fraction of sp³-hybridized carbons (Fsp3) is 0. The smallest absolute Gasteiger partial charge is 0.229 e. The van der Waals surface area contributed by atoms with Crippen LogP contribution in [0, 0.1) is 0 Å². The Hall–Kier alpha value is -17.3. The molecular weight excluding hydrogens is 1800 g/mol. The van der Waals surface area contributed by atoms with Gasteiger partial charge in [0, 0.05) is 71.3 Å². The summed E-state index contributed by atoms with van der Waals surface area (Å²) in [7, 11) is 0. The highest BCUT2D eigenvalue weighted by Crippen LogP contribution is 2.49. The van der Waals surface area contributed by atoms with Crippen LogP contribution in [0.5, 0.6) is 0 Å². The Kier molecular flexibility index (Phi) is 16.8. The highest BCUT2D eigenvalue weighted by molar-refractivity contribution is 7.23. The molecule has 644 valence electrons. The minimum atomic E-state index is 0.504. The summed E-state index contributed by atoms with van der Waals surface area (Å²) < 4.78 is 38.8. The van der Waals surface area contributed by atoms with E-state index >= 15 is 0 Å². The Labute approximate surface area is 801 Å². The van der Waals surface area contributed by atoms with Crippen LogP contribution >= 0.6 is 56.7 Å². The molecule has 0 aliphatic carbocycles. The normalized spacial score (nSPS) is 12.2. The summed E-state index contributed by atoms with van der Waals surface area (Å²) in [5.41, 5.74) is 32.7. The molecule has 30 rings (SSSR count). The van der Waals surface area contributed by atoms with Gasteiger partial charge in [0.15, 0.2) is 22.3 Å². The van der Waals surface area contributed by atoms with Gasteiger partial charge in [0.2, 0.25) is 23.6 Å². The third kappa shape index (κ3) is 12.4. The van der Waals surface area contributed by atoms with Crippen molar-refractivity contribution >= 4 is 218 Å². The Bertz CT molecular complexity index is 9730. The van der Waals surface area contributed by atoms with Crippen LogP contribution in [-0.2, 0) is 0 Å². The average molecular weight is 1860 g/mol. The second-order valence-electron chi connectivity index (χ2n) is 34.7. The number of nitrogens with zero attached hydrogens (tertiary/aromatic N) is 12. The zero-order chi connectivity index (χ0) is 90.1. The molecule has 0 saturated heterocycles. The first-order valence-corrected chi connectivity index (χ1v) is 49.3. The topological polar surface area (TPSA) is 183 Å². The SMILES string of the molecule is c1ccc(-n2c3ccc(-c4nc5ccccc5o4)cc3c3cc(-c4nc5ccc(-c6ccc7sc(-c8ccc9c(c8)c8cc(-c%10nc%11ccc(-c%12ccc%13sc(-c%14ccc%15c(c%14)c%14cc(-c%16nc%17ccccc%17s%16)ccc%14n%15-c%14ccccc%14-c%14nc%15ccccc%15s%14)nc%13c%12)cc%11s%10)ccc8n9-c8ccccc8-c8nc9ccccc9o8)nc7c6)cc5o4)ccc32)c(-c2nc3ccccc3o2)c1. The zero-order valence-corrected chi connectivity index (χ0v) is 76.4. The third-order valence-electron chi connectivity index (χ3n) is 26.6. The Morgan fingerprint density at radius 3 is 0.877 bits per heavy atom.